The Bertz CT molecular complexity index is 1080. The monoisotopic (exact) mass is 446 g/mol. The maximum atomic E-state index is 13.7. The average molecular weight is 447 g/mol. The molecule has 1 saturated carbocycles. The minimum absolute atomic E-state index is 0. The average Bonchev–Trinajstić information content (AvgIpc) is 3.03. The summed E-state index contributed by atoms with van der Waals surface area (Å²) in [6.07, 6.45) is 2.49. The van der Waals surface area contributed by atoms with E-state index < -0.39 is 6.10 Å². The lowest BCUT2D eigenvalue weighted by atomic mass is 9.69. The maximum absolute atomic E-state index is 13.7. The number of aryl methyl sites for hydroxylation is 3. The fraction of sp³-hybridized carbons (Fsp3) is 0.467. The van der Waals surface area contributed by atoms with Crippen LogP contribution in [0.15, 0.2) is 42.0 Å². The molecule has 4 rings (SSSR count). The van der Waals surface area contributed by atoms with Gasteiger partial charge >= 0.3 is 0 Å². The van der Waals surface area contributed by atoms with E-state index in [1.807, 2.05) is 24.3 Å². The molecule has 176 valence electrons. The Labute approximate surface area is 198 Å². The molecule has 0 aromatic heterocycles. The fourth-order valence-corrected chi connectivity index (χ4v) is 6.03. The summed E-state index contributed by atoms with van der Waals surface area (Å²) in [7, 11) is 0. The van der Waals surface area contributed by atoms with E-state index in [2.05, 4.69) is 39.8 Å². The van der Waals surface area contributed by atoms with Crippen molar-refractivity contribution in [2.24, 2.45) is 11.8 Å². The molecule has 4 atom stereocenters. The molecule has 0 aliphatic heterocycles. The van der Waals surface area contributed by atoms with Gasteiger partial charge in [0.1, 0.15) is 0 Å². The molecule has 0 saturated heterocycles. The minimum Gasteiger partial charge on any atom is -0.392 e. The molecule has 1 fully saturated rings. The van der Waals surface area contributed by atoms with Gasteiger partial charge in [-0.05, 0) is 86.6 Å². The van der Waals surface area contributed by atoms with Gasteiger partial charge in [0.25, 0.3) is 0 Å². The Kier molecular flexibility index (Phi) is 7.43. The number of carbonyl (C=O) groups is 2. The first-order valence-corrected chi connectivity index (χ1v) is 11.9. The Hall–Kier alpha value is -2.52. The maximum Gasteiger partial charge on any atom is 0.169 e. The summed E-state index contributed by atoms with van der Waals surface area (Å²) in [4.78, 5) is 25.6. The summed E-state index contributed by atoms with van der Waals surface area (Å²) in [5.74, 6) is -0.00361. The first-order chi connectivity index (χ1) is 15.3. The SMILES string of the molecule is C.CCc1cc(C)cc(CC)c1C1=C(C)[C@@H]2C[C@H](c3cccc(C(C)=O)c3)C[C@H](O)[C@@H]2C1=O. The van der Waals surface area contributed by atoms with Crippen LogP contribution in [0.2, 0.25) is 0 Å². The van der Waals surface area contributed by atoms with Crippen LogP contribution in [0.4, 0.5) is 0 Å². The number of hydrogen-bond donors (Lipinski definition) is 1. The van der Waals surface area contributed by atoms with Gasteiger partial charge in [0.05, 0.1) is 12.0 Å². The number of fused-ring (bicyclic) bond motifs is 1. The summed E-state index contributed by atoms with van der Waals surface area (Å²) in [6.45, 7) is 10.1. The molecule has 0 unspecified atom stereocenters. The number of hydrogen-bond acceptors (Lipinski definition) is 3. The van der Waals surface area contributed by atoms with Crippen molar-refractivity contribution in [3.05, 3.63) is 75.4 Å². The lowest BCUT2D eigenvalue weighted by Gasteiger charge is -2.36. The smallest absolute Gasteiger partial charge is 0.169 e. The van der Waals surface area contributed by atoms with Crippen molar-refractivity contribution in [2.75, 3.05) is 0 Å². The highest BCUT2D eigenvalue weighted by atomic mass is 16.3. The Morgan fingerprint density at radius 2 is 1.67 bits per heavy atom. The molecule has 2 aliphatic carbocycles. The van der Waals surface area contributed by atoms with Crippen LogP contribution in [-0.2, 0) is 17.6 Å². The summed E-state index contributed by atoms with van der Waals surface area (Å²) in [5.41, 5.74) is 8.56. The lowest BCUT2D eigenvalue weighted by molar-refractivity contribution is -0.123. The van der Waals surface area contributed by atoms with Crippen LogP contribution in [0.1, 0.15) is 92.1 Å². The Morgan fingerprint density at radius 3 is 2.24 bits per heavy atom. The van der Waals surface area contributed by atoms with Crippen molar-refractivity contribution >= 4 is 17.1 Å². The summed E-state index contributed by atoms with van der Waals surface area (Å²) in [5, 5.41) is 11.1. The highest BCUT2D eigenvalue weighted by Gasteiger charge is 2.49. The van der Waals surface area contributed by atoms with E-state index in [0.29, 0.717) is 12.0 Å². The third-order valence-electron chi connectivity index (χ3n) is 7.63. The molecule has 0 amide bonds. The number of ketones is 2. The number of rotatable bonds is 5. The first kappa shape index (κ1) is 25.1. The van der Waals surface area contributed by atoms with E-state index in [1.54, 1.807) is 6.92 Å². The van der Waals surface area contributed by atoms with Crippen molar-refractivity contribution < 1.29 is 14.7 Å². The van der Waals surface area contributed by atoms with Crippen LogP contribution in [0, 0.1) is 18.8 Å². The van der Waals surface area contributed by atoms with Gasteiger partial charge in [-0.15, -0.1) is 0 Å². The number of aliphatic hydroxyl groups excluding tert-OH is 1. The minimum atomic E-state index is -0.666. The molecular formula is C30H38O3. The highest BCUT2D eigenvalue weighted by molar-refractivity contribution is 6.26. The molecule has 2 aromatic rings. The number of carbonyl (C=O) groups excluding carboxylic acids is 2. The number of allylic oxidation sites excluding steroid dienone is 2. The van der Waals surface area contributed by atoms with Gasteiger partial charge in [-0.3, -0.25) is 9.59 Å². The zero-order chi connectivity index (χ0) is 23.2. The third-order valence-corrected chi connectivity index (χ3v) is 7.63. The van der Waals surface area contributed by atoms with Crippen LogP contribution in [0.25, 0.3) is 5.57 Å². The van der Waals surface area contributed by atoms with E-state index in [0.717, 1.165) is 41.5 Å². The highest BCUT2D eigenvalue weighted by Crippen LogP contribution is 2.51. The largest absolute Gasteiger partial charge is 0.392 e. The van der Waals surface area contributed by atoms with E-state index in [1.165, 1.54) is 16.7 Å². The topological polar surface area (TPSA) is 54.4 Å². The quantitative estimate of drug-likeness (QED) is 0.534. The van der Waals surface area contributed by atoms with Gasteiger partial charge < -0.3 is 5.11 Å². The zero-order valence-electron chi connectivity index (χ0n) is 19.9. The van der Waals surface area contributed by atoms with E-state index >= 15 is 0 Å². The molecule has 33 heavy (non-hydrogen) atoms. The zero-order valence-corrected chi connectivity index (χ0v) is 19.9. The van der Waals surface area contributed by atoms with Crippen LogP contribution in [0.3, 0.4) is 0 Å². The van der Waals surface area contributed by atoms with Gasteiger partial charge in [0.15, 0.2) is 11.6 Å². The van der Waals surface area contributed by atoms with Crippen LogP contribution in [0.5, 0.6) is 0 Å². The van der Waals surface area contributed by atoms with Gasteiger partial charge in [-0.25, -0.2) is 0 Å². The summed E-state index contributed by atoms with van der Waals surface area (Å²) in [6, 6.07) is 12.2. The third kappa shape index (κ3) is 4.36. The van der Waals surface area contributed by atoms with Crippen molar-refractivity contribution in [3.8, 4) is 0 Å². The first-order valence-electron chi connectivity index (χ1n) is 11.9. The molecule has 0 bridgehead atoms. The Morgan fingerprint density at radius 1 is 1.03 bits per heavy atom. The van der Waals surface area contributed by atoms with Crippen LogP contribution in [-0.4, -0.2) is 22.8 Å². The molecule has 2 aromatic carbocycles. The van der Waals surface area contributed by atoms with Crippen LogP contribution < -0.4 is 0 Å². The van der Waals surface area contributed by atoms with Crippen molar-refractivity contribution in [1.29, 1.82) is 0 Å². The van der Waals surface area contributed by atoms with Gasteiger partial charge in [0, 0.05) is 11.1 Å². The van der Waals surface area contributed by atoms with Crippen molar-refractivity contribution in [2.45, 2.75) is 79.8 Å². The molecule has 3 nitrogen and oxygen atoms in total. The normalized spacial score (nSPS) is 24.5. The van der Waals surface area contributed by atoms with E-state index in [4.69, 9.17) is 0 Å². The summed E-state index contributed by atoms with van der Waals surface area (Å²) >= 11 is 0. The molecule has 2 aliphatic rings. The van der Waals surface area contributed by atoms with E-state index in [9.17, 15) is 14.7 Å². The molecule has 0 heterocycles. The lowest BCUT2D eigenvalue weighted by Crippen LogP contribution is -2.37. The molecule has 0 radical (unpaired) electrons. The second-order valence-electron chi connectivity index (χ2n) is 9.64. The predicted molar refractivity (Wildman–Crippen MR) is 136 cm³/mol. The standard InChI is InChI=1S/C29H34O3.CH4/c1-6-19-11-16(3)12-20(7-2)27(19)26-17(4)24-14-23(15-25(31)28(24)29(26)32)22-10-8-9-21(13-22)18(5)30;/h8-13,23-25,28,31H,6-7,14-15H2,1-5H3;1H4/t23-,24-,25-,28+;/m0./s1. The molecule has 3 heteroatoms. The van der Waals surface area contributed by atoms with Crippen molar-refractivity contribution in [3.63, 3.8) is 0 Å². The number of benzene rings is 2. The van der Waals surface area contributed by atoms with Gasteiger partial charge in [-0.1, -0.05) is 62.7 Å². The molecule has 0 spiro atoms. The second kappa shape index (κ2) is 9.77. The number of Topliss-reactive ketones (excluding diaryl/α,β-unsaturated/α-hetero) is 2. The second-order valence-corrected chi connectivity index (χ2v) is 9.64. The fourth-order valence-electron chi connectivity index (χ4n) is 6.03. The van der Waals surface area contributed by atoms with Crippen molar-refractivity contribution in [1.82, 2.24) is 0 Å². The molecule has 1 N–H and O–H groups in total. The van der Waals surface area contributed by atoms with Crippen LogP contribution >= 0.6 is 0 Å². The van der Waals surface area contributed by atoms with Gasteiger partial charge in [-0.2, -0.15) is 0 Å². The number of aliphatic hydroxyl groups is 1. The predicted octanol–water partition coefficient (Wildman–Crippen LogP) is 6.49. The molecular weight excluding hydrogens is 408 g/mol. The Balaban J connectivity index is 0.00000306. The van der Waals surface area contributed by atoms with Gasteiger partial charge in [0.2, 0.25) is 0 Å². The summed E-state index contributed by atoms with van der Waals surface area (Å²) < 4.78 is 0. The van der Waals surface area contributed by atoms with E-state index in [-0.39, 0.29) is 36.7 Å².